The van der Waals surface area contributed by atoms with Crippen molar-refractivity contribution in [3.63, 3.8) is 0 Å². The number of nitrogen functional groups attached to an aromatic ring is 1. The molecule has 1 aromatic heterocycles. The molecule has 17 heavy (non-hydrogen) atoms. The number of nitriles is 1. The highest BCUT2D eigenvalue weighted by molar-refractivity contribution is 5.48. The first kappa shape index (κ1) is 13.3. The van der Waals surface area contributed by atoms with Crippen LogP contribution in [0.2, 0.25) is 0 Å². The Balaban J connectivity index is 2.34. The lowest BCUT2D eigenvalue weighted by atomic mass is 10.2. The van der Waals surface area contributed by atoms with Crippen molar-refractivity contribution in [2.24, 2.45) is 0 Å². The predicted octanol–water partition coefficient (Wildman–Crippen LogP) is 2.88. The van der Waals surface area contributed by atoms with Gasteiger partial charge in [0.15, 0.2) is 0 Å². The van der Waals surface area contributed by atoms with E-state index in [1.165, 1.54) is 25.5 Å². The lowest BCUT2D eigenvalue weighted by Crippen LogP contribution is -2.02. The molecule has 0 spiro atoms. The van der Waals surface area contributed by atoms with Gasteiger partial charge in [-0.15, -0.1) is 0 Å². The number of nitrogens with two attached hydrogens (primary N) is 1. The van der Waals surface area contributed by atoms with Gasteiger partial charge in [-0.1, -0.05) is 32.6 Å². The van der Waals surface area contributed by atoms with Gasteiger partial charge < -0.3 is 10.5 Å². The van der Waals surface area contributed by atoms with E-state index in [1.807, 2.05) is 6.07 Å². The quantitative estimate of drug-likeness (QED) is 0.735. The third-order valence-corrected chi connectivity index (χ3v) is 2.48. The summed E-state index contributed by atoms with van der Waals surface area (Å²) in [5.74, 6) is 0.386. The fourth-order valence-electron chi connectivity index (χ4n) is 1.54. The van der Waals surface area contributed by atoms with Gasteiger partial charge in [0.2, 0.25) is 5.88 Å². The Morgan fingerprint density at radius 1 is 1.35 bits per heavy atom. The van der Waals surface area contributed by atoms with E-state index < -0.39 is 0 Å². The molecule has 0 bridgehead atoms. The third kappa shape index (κ3) is 4.73. The topological polar surface area (TPSA) is 71.9 Å². The molecule has 0 unspecified atom stereocenters. The number of pyridine rings is 1. The zero-order valence-electron chi connectivity index (χ0n) is 10.3. The molecule has 0 aliphatic heterocycles. The molecule has 1 heterocycles. The number of unbranched alkanes of at least 4 members (excludes halogenated alkanes) is 4. The van der Waals surface area contributed by atoms with Crippen molar-refractivity contribution in [1.29, 1.82) is 5.26 Å². The van der Waals surface area contributed by atoms with Gasteiger partial charge in [0.05, 0.1) is 18.5 Å². The van der Waals surface area contributed by atoms with Crippen molar-refractivity contribution < 1.29 is 4.74 Å². The van der Waals surface area contributed by atoms with Crippen LogP contribution in [-0.4, -0.2) is 11.6 Å². The average Bonchev–Trinajstić information content (AvgIpc) is 2.35. The van der Waals surface area contributed by atoms with Gasteiger partial charge in [-0.3, -0.25) is 0 Å². The summed E-state index contributed by atoms with van der Waals surface area (Å²) in [6, 6.07) is 3.61. The maximum atomic E-state index is 8.89. The van der Waals surface area contributed by atoms with Crippen LogP contribution in [0, 0.1) is 11.3 Å². The van der Waals surface area contributed by atoms with Gasteiger partial charge in [0, 0.05) is 0 Å². The minimum absolute atomic E-state index is 0.386. The van der Waals surface area contributed by atoms with E-state index in [0.717, 1.165) is 12.8 Å². The standard InChI is InChI=1S/C13H19N3O/c1-2-3-4-5-6-7-17-13-11(9-14)8-12(15)10-16-13/h8,10H,2-7,15H2,1H3. The lowest BCUT2D eigenvalue weighted by molar-refractivity contribution is 0.292. The van der Waals surface area contributed by atoms with Crippen molar-refractivity contribution in [3.05, 3.63) is 17.8 Å². The maximum Gasteiger partial charge on any atom is 0.231 e. The molecule has 0 aromatic carbocycles. The first-order chi connectivity index (χ1) is 8.27. The highest BCUT2D eigenvalue weighted by Gasteiger charge is 2.04. The minimum atomic E-state index is 0.386. The first-order valence-corrected chi connectivity index (χ1v) is 6.06. The Kier molecular flexibility index (Phi) is 5.87. The monoisotopic (exact) mass is 233 g/mol. The summed E-state index contributed by atoms with van der Waals surface area (Å²) >= 11 is 0. The molecule has 1 aromatic rings. The molecule has 4 heteroatoms. The summed E-state index contributed by atoms with van der Waals surface area (Å²) in [5, 5.41) is 8.89. The summed E-state index contributed by atoms with van der Waals surface area (Å²) in [6.07, 6.45) is 7.40. The Morgan fingerprint density at radius 2 is 2.12 bits per heavy atom. The molecular weight excluding hydrogens is 214 g/mol. The number of hydrogen-bond donors (Lipinski definition) is 1. The molecule has 1 rings (SSSR count). The molecule has 4 nitrogen and oxygen atoms in total. The van der Waals surface area contributed by atoms with Crippen molar-refractivity contribution in [2.45, 2.75) is 39.0 Å². The molecule has 0 saturated heterocycles. The van der Waals surface area contributed by atoms with E-state index in [1.54, 1.807) is 6.07 Å². The SMILES string of the molecule is CCCCCCCOc1ncc(N)cc1C#N. The number of aromatic nitrogens is 1. The fraction of sp³-hybridized carbons (Fsp3) is 0.538. The Morgan fingerprint density at radius 3 is 2.82 bits per heavy atom. The van der Waals surface area contributed by atoms with E-state index in [2.05, 4.69) is 11.9 Å². The second-order valence-corrected chi connectivity index (χ2v) is 4.00. The van der Waals surface area contributed by atoms with Gasteiger partial charge >= 0.3 is 0 Å². The number of nitrogens with zero attached hydrogens (tertiary/aromatic N) is 2. The maximum absolute atomic E-state index is 8.89. The molecule has 0 amide bonds. The highest BCUT2D eigenvalue weighted by atomic mass is 16.5. The third-order valence-electron chi connectivity index (χ3n) is 2.48. The Bertz CT molecular complexity index is 385. The van der Waals surface area contributed by atoms with Crippen LogP contribution >= 0.6 is 0 Å². The normalized spacial score (nSPS) is 9.88. The zero-order valence-corrected chi connectivity index (χ0v) is 10.3. The highest BCUT2D eigenvalue weighted by Crippen LogP contribution is 2.17. The van der Waals surface area contributed by atoms with E-state index in [-0.39, 0.29) is 0 Å². The smallest absolute Gasteiger partial charge is 0.231 e. The van der Waals surface area contributed by atoms with Gasteiger partial charge in [-0.25, -0.2) is 4.98 Å². The number of rotatable bonds is 7. The predicted molar refractivity (Wildman–Crippen MR) is 67.6 cm³/mol. The molecule has 0 saturated carbocycles. The molecule has 0 fully saturated rings. The molecule has 0 atom stereocenters. The van der Waals surface area contributed by atoms with Crippen LogP contribution in [0.3, 0.4) is 0 Å². The summed E-state index contributed by atoms with van der Waals surface area (Å²) in [6.45, 7) is 2.79. The van der Waals surface area contributed by atoms with Crippen molar-refractivity contribution in [1.82, 2.24) is 4.98 Å². The van der Waals surface area contributed by atoms with Crippen LogP contribution in [0.25, 0.3) is 0 Å². The largest absolute Gasteiger partial charge is 0.477 e. The number of ether oxygens (including phenoxy) is 1. The second kappa shape index (κ2) is 7.50. The lowest BCUT2D eigenvalue weighted by Gasteiger charge is -2.06. The van der Waals surface area contributed by atoms with E-state index >= 15 is 0 Å². The van der Waals surface area contributed by atoms with Gasteiger partial charge in [0.25, 0.3) is 0 Å². The van der Waals surface area contributed by atoms with E-state index in [4.69, 9.17) is 15.7 Å². The van der Waals surface area contributed by atoms with Crippen molar-refractivity contribution in [2.75, 3.05) is 12.3 Å². The van der Waals surface area contributed by atoms with Crippen LogP contribution in [0.1, 0.15) is 44.6 Å². The van der Waals surface area contributed by atoms with E-state index in [0.29, 0.717) is 23.7 Å². The summed E-state index contributed by atoms with van der Waals surface area (Å²) in [7, 11) is 0. The number of hydrogen-bond acceptors (Lipinski definition) is 4. The minimum Gasteiger partial charge on any atom is -0.477 e. The average molecular weight is 233 g/mol. The van der Waals surface area contributed by atoms with Crippen molar-refractivity contribution >= 4 is 5.69 Å². The molecular formula is C13H19N3O. The molecule has 0 aliphatic carbocycles. The van der Waals surface area contributed by atoms with Crippen LogP contribution in [-0.2, 0) is 0 Å². The second-order valence-electron chi connectivity index (χ2n) is 4.00. The summed E-state index contributed by atoms with van der Waals surface area (Å²) in [4.78, 5) is 4.01. The van der Waals surface area contributed by atoms with Gasteiger partial charge in [-0.05, 0) is 12.5 Å². The van der Waals surface area contributed by atoms with Crippen molar-refractivity contribution in [3.8, 4) is 11.9 Å². The fourth-order valence-corrected chi connectivity index (χ4v) is 1.54. The summed E-state index contributed by atoms with van der Waals surface area (Å²) in [5.41, 5.74) is 6.43. The molecule has 2 N–H and O–H groups in total. The van der Waals surface area contributed by atoms with Gasteiger partial charge in [0.1, 0.15) is 11.6 Å². The molecule has 92 valence electrons. The molecule has 0 aliphatic rings. The zero-order chi connectivity index (χ0) is 12.5. The van der Waals surface area contributed by atoms with Crippen LogP contribution < -0.4 is 10.5 Å². The van der Waals surface area contributed by atoms with Crippen LogP contribution in [0.15, 0.2) is 12.3 Å². The van der Waals surface area contributed by atoms with Gasteiger partial charge in [-0.2, -0.15) is 5.26 Å². The Hall–Kier alpha value is -1.76. The van der Waals surface area contributed by atoms with Crippen LogP contribution in [0.4, 0.5) is 5.69 Å². The summed E-state index contributed by atoms with van der Waals surface area (Å²) < 4.78 is 5.47. The first-order valence-electron chi connectivity index (χ1n) is 6.06. The number of anilines is 1. The Labute approximate surface area is 102 Å². The van der Waals surface area contributed by atoms with E-state index in [9.17, 15) is 0 Å². The van der Waals surface area contributed by atoms with Crippen LogP contribution in [0.5, 0.6) is 5.88 Å². The molecule has 0 radical (unpaired) electrons.